The van der Waals surface area contributed by atoms with Crippen molar-refractivity contribution in [3.63, 3.8) is 0 Å². The highest BCUT2D eigenvalue weighted by molar-refractivity contribution is 4.55. The summed E-state index contributed by atoms with van der Waals surface area (Å²) in [5.74, 6) is 0.864. The third-order valence-electron chi connectivity index (χ3n) is 3.19. The summed E-state index contributed by atoms with van der Waals surface area (Å²) < 4.78 is 1.40. The molecule has 0 aromatic carbocycles. The zero-order chi connectivity index (χ0) is 9.03. The Balaban J connectivity index is 2.48. The molecule has 0 aromatic heterocycles. The van der Waals surface area contributed by atoms with Crippen LogP contribution in [0.15, 0.2) is 0 Å². The Bertz CT molecular complexity index is 123. The topological polar surface area (TPSA) is 0 Å². The summed E-state index contributed by atoms with van der Waals surface area (Å²) in [6.45, 7) is 12.7. The van der Waals surface area contributed by atoms with Gasteiger partial charge in [-0.05, 0) is 26.2 Å². The predicted molar refractivity (Wildman–Crippen MR) is 54.1 cm³/mol. The molecule has 1 fully saturated rings. The highest BCUT2D eigenvalue weighted by Gasteiger charge is 2.28. The molecule has 1 aliphatic rings. The summed E-state index contributed by atoms with van der Waals surface area (Å²) in [4.78, 5) is 0. The van der Waals surface area contributed by atoms with Crippen LogP contribution in [0.25, 0.3) is 0 Å². The summed E-state index contributed by atoms with van der Waals surface area (Å²) in [6, 6.07) is 0. The molecule has 0 atom stereocenters. The summed E-state index contributed by atoms with van der Waals surface area (Å²) in [7, 11) is 0. The molecule has 0 saturated carbocycles. The van der Waals surface area contributed by atoms with Crippen molar-refractivity contribution < 1.29 is 4.48 Å². The van der Waals surface area contributed by atoms with E-state index in [2.05, 4.69) is 20.8 Å². The van der Waals surface area contributed by atoms with Gasteiger partial charge in [-0.2, -0.15) is 0 Å². The summed E-state index contributed by atoms with van der Waals surface area (Å²) in [6.07, 6.45) is 4.39. The third-order valence-corrected chi connectivity index (χ3v) is 3.19. The standard InChI is InChI=1S/C11H24N/c1-4-12(10-11(2)3)8-6-5-7-9-12/h11H,4-10H2,1-3H3/q+1. The van der Waals surface area contributed by atoms with Gasteiger partial charge < -0.3 is 4.48 Å². The number of likely N-dealkylation sites (tertiary alicyclic amines) is 1. The van der Waals surface area contributed by atoms with E-state index in [9.17, 15) is 0 Å². The van der Waals surface area contributed by atoms with Gasteiger partial charge in [0.1, 0.15) is 0 Å². The van der Waals surface area contributed by atoms with Crippen molar-refractivity contribution in [2.75, 3.05) is 26.2 Å². The Kier molecular flexibility index (Phi) is 3.57. The first-order valence-electron chi connectivity index (χ1n) is 5.53. The first-order valence-corrected chi connectivity index (χ1v) is 5.53. The van der Waals surface area contributed by atoms with E-state index in [1.807, 2.05) is 0 Å². The fourth-order valence-corrected chi connectivity index (χ4v) is 2.59. The van der Waals surface area contributed by atoms with E-state index in [1.54, 1.807) is 0 Å². The lowest BCUT2D eigenvalue weighted by molar-refractivity contribution is -0.933. The molecule has 0 aromatic rings. The van der Waals surface area contributed by atoms with E-state index in [1.165, 1.54) is 49.9 Å². The minimum atomic E-state index is 0.864. The van der Waals surface area contributed by atoms with Crippen LogP contribution in [0.4, 0.5) is 0 Å². The van der Waals surface area contributed by atoms with Crippen LogP contribution in [0.2, 0.25) is 0 Å². The molecule has 1 nitrogen and oxygen atoms in total. The lowest BCUT2D eigenvalue weighted by atomic mass is 10.0. The fraction of sp³-hybridized carbons (Fsp3) is 1.00. The van der Waals surface area contributed by atoms with Crippen LogP contribution < -0.4 is 0 Å². The van der Waals surface area contributed by atoms with Gasteiger partial charge >= 0.3 is 0 Å². The van der Waals surface area contributed by atoms with Crippen molar-refractivity contribution in [3.05, 3.63) is 0 Å². The van der Waals surface area contributed by atoms with E-state index in [0.717, 1.165) is 5.92 Å². The molecule has 0 N–H and O–H groups in total. The lowest BCUT2D eigenvalue weighted by Crippen LogP contribution is -2.53. The Hall–Kier alpha value is -0.0400. The van der Waals surface area contributed by atoms with Gasteiger partial charge in [0.25, 0.3) is 0 Å². The quantitative estimate of drug-likeness (QED) is 0.571. The maximum absolute atomic E-state index is 2.35. The number of hydrogen-bond donors (Lipinski definition) is 0. The normalized spacial score (nSPS) is 23.0. The largest absolute Gasteiger partial charge is 0.324 e. The van der Waals surface area contributed by atoms with Gasteiger partial charge in [0.15, 0.2) is 0 Å². The molecule has 1 heteroatoms. The molecule has 1 rings (SSSR count). The van der Waals surface area contributed by atoms with Crippen LogP contribution in [0, 0.1) is 5.92 Å². The van der Waals surface area contributed by atoms with Crippen LogP contribution in [0.1, 0.15) is 40.0 Å². The Morgan fingerprint density at radius 3 is 2.08 bits per heavy atom. The molecule has 0 unspecified atom stereocenters. The zero-order valence-corrected chi connectivity index (χ0v) is 8.97. The Morgan fingerprint density at radius 2 is 1.67 bits per heavy atom. The van der Waals surface area contributed by atoms with E-state index in [0.29, 0.717) is 0 Å². The number of piperidine rings is 1. The molecule has 0 aliphatic carbocycles. The molecular weight excluding hydrogens is 146 g/mol. The van der Waals surface area contributed by atoms with E-state index < -0.39 is 0 Å². The van der Waals surface area contributed by atoms with E-state index >= 15 is 0 Å². The molecule has 0 radical (unpaired) electrons. The number of rotatable bonds is 3. The van der Waals surface area contributed by atoms with E-state index in [-0.39, 0.29) is 0 Å². The van der Waals surface area contributed by atoms with Crippen molar-refractivity contribution in [2.24, 2.45) is 5.92 Å². The van der Waals surface area contributed by atoms with E-state index in [4.69, 9.17) is 0 Å². The minimum Gasteiger partial charge on any atom is -0.324 e. The molecule has 0 bridgehead atoms. The second kappa shape index (κ2) is 4.27. The molecule has 0 spiro atoms. The SMILES string of the molecule is CC[N+]1(CC(C)C)CCCCC1. The summed E-state index contributed by atoms with van der Waals surface area (Å²) in [5.41, 5.74) is 0. The van der Waals surface area contributed by atoms with Gasteiger partial charge in [-0.3, -0.25) is 0 Å². The molecule has 0 amide bonds. The van der Waals surface area contributed by atoms with Crippen LogP contribution >= 0.6 is 0 Å². The monoisotopic (exact) mass is 170 g/mol. The second-order valence-electron chi connectivity index (χ2n) is 4.74. The average Bonchev–Trinajstić information content (AvgIpc) is 2.05. The van der Waals surface area contributed by atoms with Gasteiger partial charge in [-0.15, -0.1) is 0 Å². The van der Waals surface area contributed by atoms with Gasteiger partial charge in [0, 0.05) is 5.92 Å². The molecular formula is C11H24N+. The van der Waals surface area contributed by atoms with Crippen LogP contribution in [0.3, 0.4) is 0 Å². The smallest absolute Gasteiger partial charge is 0.0809 e. The zero-order valence-electron chi connectivity index (χ0n) is 8.97. The predicted octanol–water partition coefficient (Wildman–Crippen LogP) is 2.66. The molecule has 1 saturated heterocycles. The van der Waals surface area contributed by atoms with Crippen LogP contribution in [0.5, 0.6) is 0 Å². The van der Waals surface area contributed by atoms with Gasteiger partial charge in [0.2, 0.25) is 0 Å². The van der Waals surface area contributed by atoms with Crippen molar-refractivity contribution in [3.8, 4) is 0 Å². The average molecular weight is 170 g/mol. The van der Waals surface area contributed by atoms with Crippen molar-refractivity contribution in [2.45, 2.75) is 40.0 Å². The van der Waals surface area contributed by atoms with Crippen molar-refractivity contribution >= 4 is 0 Å². The van der Waals surface area contributed by atoms with Crippen molar-refractivity contribution in [1.82, 2.24) is 0 Å². The maximum atomic E-state index is 2.35. The number of nitrogens with zero attached hydrogens (tertiary/aromatic N) is 1. The second-order valence-corrected chi connectivity index (χ2v) is 4.74. The van der Waals surface area contributed by atoms with Crippen LogP contribution in [-0.4, -0.2) is 30.7 Å². The van der Waals surface area contributed by atoms with Crippen molar-refractivity contribution in [1.29, 1.82) is 0 Å². The Morgan fingerprint density at radius 1 is 1.08 bits per heavy atom. The fourth-order valence-electron chi connectivity index (χ4n) is 2.59. The number of quaternary nitrogens is 1. The van der Waals surface area contributed by atoms with Gasteiger partial charge in [-0.1, -0.05) is 13.8 Å². The minimum absolute atomic E-state index is 0.864. The van der Waals surface area contributed by atoms with Gasteiger partial charge in [0.05, 0.1) is 26.2 Å². The van der Waals surface area contributed by atoms with Gasteiger partial charge in [-0.25, -0.2) is 0 Å². The highest BCUT2D eigenvalue weighted by Crippen LogP contribution is 2.20. The molecule has 1 heterocycles. The third kappa shape index (κ3) is 2.48. The Labute approximate surface area is 77.4 Å². The maximum Gasteiger partial charge on any atom is 0.0809 e. The first-order chi connectivity index (χ1) is 5.68. The number of hydrogen-bond acceptors (Lipinski definition) is 0. The lowest BCUT2D eigenvalue weighted by Gasteiger charge is -2.42. The van der Waals surface area contributed by atoms with Crippen LogP contribution in [-0.2, 0) is 0 Å². The molecule has 1 aliphatic heterocycles. The molecule has 12 heavy (non-hydrogen) atoms. The molecule has 72 valence electrons. The summed E-state index contributed by atoms with van der Waals surface area (Å²) in [5, 5.41) is 0. The highest BCUT2D eigenvalue weighted by atomic mass is 15.3. The first kappa shape index (κ1) is 10.0. The summed E-state index contributed by atoms with van der Waals surface area (Å²) >= 11 is 0.